The molecule has 1 saturated carbocycles. The number of benzene rings is 1. The molecule has 2 rings (SSSR count). The summed E-state index contributed by atoms with van der Waals surface area (Å²) in [6.45, 7) is 1.14. The van der Waals surface area contributed by atoms with Crippen LogP contribution >= 0.6 is 0 Å². The lowest BCUT2D eigenvalue weighted by Crippen LogP contribution is -2.16. The molecule has 1 N–H and O–H groups in total. The summed E-state index contributed by atoms with van der Waals surface area (Å²) in [6, 6.07) is 11.2. The van der Waals surface area contributed by atoms with Gasteiger partial charge in [0.1, 0.15) is 0 Å². The molecule has 1 heteroatoms. The molecule has 0 aromatic heterocycles. The second-order valence-corrected chi connectivity index (χ2v) is 4.18. The quantitative estimate of drug-likeness (QED) is 0.765. The summed E-state index contributed by atoms with van der Waals surface area (Å²) in [7, 11) is 0. The van der Waals surface area contributed by atoms with Gasteiger partial charge in [0.05, 0.1) is 0 Å². The van der Waals surface area contributed by atoms with Gasteiger partial charge in [-0.2, -0.15) is 0 Å². The zero-order chi connectivity index (χ0) is 9.64. The first-order valence-electron chi connectivity index (χ1n) is 5.65. The molecule has 0 bridgehead atoms. The summed E-state index contributed by atoms with van der Waals surface area (Å²) in [4.78, 5) is 0. The maximum atomic E-state index is 3.48. The van der Waals surface area contributed by atoms with Crippen LogP contribution in [0.25, 0.3) is 0 Å². The van der Waals surface area contributed by atoms with E-state index in [-0.39, 0.29) is 0 Å². The first kappa shape index (κ1) is 9.57. The van der Waals surface area contributed by atoms with Crippen molar-refractivity contribution in [3.63, 3.8) is 0 Å². The van der Waals surface area contributed by atoms with Gasteiger partial charge in [-0.05, 0) is 37.0 Å². The SMILES string of the molecule is [c]1cccc(NCC2CCCCC2)c1. The molecular weight excluding hydrogens is 170 g/mol. The van der Waals surface area contributed by atoms with Crippen LogP contribution in [0.3, 0.4) is 0 Å². The maximum absolute atomic E-state index is 3.48. The Morgan fingerprint density at radius 3 is 2.86 bits per heavy atom. The van der Waals surface area contributed by atoms with Crippen molar-refractivity contribution in [1.82, 2.24) is 0 Å². The monoisotopic (exact) mass is 188 g/mol. The molecule has 1 fully saturated rings. The van der Waals surface area contributed by atoms with Gasteiger partial charge in [-0.3, -0.25) is 0 Å². The lowest BCUT2D eigenvalue weighted by Gasteiger charge is -2.22. The Hall–Kier alpha value is -0.980. The van der Waals surface area contributed by atoms with E-state index in [4.69, 9.17) is 0 Å². The molecule has 1 aliphatic rings. The van der Waals surface area contributed by atoms with Crippen LogP contribution in [0.4, 0.5) is 5.69 Å². The van der Waals surface area contributed by atoms with E-state index in [1.54, 1.807) is 0 Å². The first-order chi connectivity index (χ1) is 6.95. The predicted octanol–water partition coefficient (Wildman–Crippen LogP) is 3.48. The fourth-order valence-corrected chi connectivity index (χ4v) is 2.16. The van der Waals surface area contributed by atoms with E-state index in [2.05, 4.69) is 17.4 Å². The molecule has 1 aliphatic carbocycles. The van der Waals surface area contributed by atoms with E-state index in [0.29, 0.717) is 0 Å². The first-order valence-corrected chi connectivity index (χ1v) is 5.65. The van der Waals surface area contributed by atoms with Crippen molar-refractivity contribution in [3.05, 3.63) is 30.3 Å². The van der Waals surface area contributed by atoms with Crippen LogP contribution in [-0.4, -0.2) is 6.54 Å². The Bertz CT molecular complexity index is 249. The van der Waals surface area contributed by atoms with Crippen molar-refractivity contribution in [3.8, 4) is 0 Å². The summed E-state index contributed by atoms with van der Waals surface area (Å²) in [5, 5.41) is 3.48. The molecule has 75 valence electrons. The molecule has 0 saturated heterocycles. The number of nitrogens with one attached hydrogen (secondary N) is 1. The summed E-state index contributed by atoms with van der Waals surface area (Å²) < 4.78 is 0. The molecule has 0 atom stereocenters. The topological polar surface area (TPSA) is 12.0 Å². The summed E-state index contributed by atoms with van der Waals surface area (Å²) in [6.07, 6.45) is 7.10. The number of anilines is 1. The standard InChI is InChI=1S/C13H18N/c1-3-7-12(8-4-1)11-14-13-9-5-2-6-10-13/h2,5,9-10,12,14H,1,3-4,7-8,11H2. The fraction of sp³-hybridized carbons (Fsp3) is 0.538. The van der Waals surface area contributed by atoms with Crippen LogP contribution in [0.15, 0.2) is 24.3 Å². The normalized spacial score (nSPS) is 18.0. The van der Waals surface area contributed by atoms with Gasteiger partial charge in [0.15, 0.2) is 0 Å². The van der Waals surface area contributed by atoms with Crippen LogP contribution in [-0.2, 0) is 0 Å². The minimum Gasteiger partial charge on any atom is -0.385 e. The van der Waals surface area contributed by atoms with Crippen molar-refractivity contribution in [2.24, 2.45) is 5.92 Å². The van der Waals surface area contributed by atoms with Crippen LogP contribution in [0, 0.1) is 12.0 Å². The van der Waals surface area contributed by atoms with Crippen molar-refractivity contribution in [1.29, 1.82) is 0 Å². The molecule has 1 aromatic rings. The molecule has 0 heterocycles. The minimum absolute atomic E-state index is 0.893. The highest BCUT2D eigenvalue weighted by Crippen LogP contribution is 2.23. The van der Waals surface area contributed by atoms with Gasteiger partial charge in [-0.25, -0.2) is 0 Å². The zero-order valence-electron chi connectivity index (χ0n) is 8.63. The second-order valence-electron chi connectivity index (χ2n) is 4.18. The fourth-order valence-electron chi connectivity index (χ4n) is 2.16. The van der Waals surface area contributed by atoms with Gasteiger partial charge in [0, 0.05) is 12.2 Å². The molecule has 14 heavy (non-hydrogen) atoms. The largest absolute Gasteiger partial charge is 0.385 e. The molecule has 1 radical (unpaired) electrons. The Labute approximate surface area is 86.5 Å². The summed E-state index contributed by atoms with van der Waals surface area (Å²) >= 11 is 0. The van der Waals surface area contributed by atoms with Gasteiger partial charge in [-0.1, -0.05) is 31.4 Å². The third kappa shape index (κ3) is 2.76. The van der Waals surface area contributed by atoms with E-state index in [1.165, 1.54) is 37.8 Å². The maximum Gasteiger partial charge on any atom is 0.0346 e. The van der Waals surface area contributed by atoms with Crippen molar-refractivity contribution in [2.75, 3.05) is 11.9 Å². The van der Waals surface area contributed by atoms with E-state index in [1.807, 2.05) is 18.2 Å². The smallest absolute Gasteiger partial charge is 0.0346 e. The third-order valence-electron chi connectivity index (χ3n) is 3.03. The molecule has 0 amide bonds. The van der Waals surface area contributed by atoms with Crippen molar-refractivity contribution < 1.29 is 0 Å². The third-order valence-corrected chi connectivity index (χ3v) is 3.03. The Balaban J connectivity index is 1.76. The van der Waals surface area contributed by atoms with Crippen LogP contribution in [0.5, 0.6) is 0 Å². The van der Waals surface area contributed by atoms with Crippen LogP contribution in [0.2, 0.25) is 0 Å². The number of hydrogen-bond donors (Lipinski definition) is 1. The van der Waals surface area contributed by atoms with Gasteiger partial charge >= 0.3 is 0 Å². The van der Waals surface area contributed by atoms with E-state index in [0.717, 1.165) is 12.5 Å². The van der Waals surface area contributed by atoms with Gasteiger partial charge in [0.25, 0.3) is 0 Å². The van der Waals surface area contributed by atoms with Crippen molar-refractivity contribution >= 4 is 5.69 Å². The molecule has 0 aliphatic heterocycles. The Kier molecular flexibility index (Phi) is 3.44. The summed E-state index contributed by atoms with van der Waals surface area (Å²) in [5.74, 6) is 0.893. The molecule has 0 spiro atoms. The molecule has 1 nitrogen and oxygen atoms in total. The number of hydrogen-bond acceptors (Lipinski definition) is 1. The second kappa shape index (κ2) is 5.04. The average Bonchev–Trinajstić information content (AvgIpc) is 2.29. The number of rotatable bonds is 3. The minimum atomic E-state index is 0.893. The van der Waals surface area contributed by atoms with E-state index < -0.39 is 0 Å². The van der Waals surface area contributed by atoms with E-state index >= 15 is 0 Å². The summed E-state index contributed by atoms with van der Waals surface area (Å²) in [5.41, 5.74) is 1.21. The van der Waals surface area contributed by atoms with Crippen LogP contribution in [0.1, 0.15) is 32.1 Å². The highest BCUT2D eigenvalue weighted by molar-refractivity contribution is 5.41. The highest BCUT2D eigenvalue weighted by atomic mass is 14.9. The van der Waals surface area contributed by atoms with Gasteiger partial charge in [-0.15, -0.1) is 0 Å². The zero-order valence-corrected chi connectivity index (χ0v) is 8.63. The predicted molar refractivity (Wildman–Crippen MR) is 60.3 cm³/mol. The Morgan fingerprint density at radius 1 is 1.29 bits per heavy atom. The van der Waals surface area contributed by atoms with Crippen molar-refractivity contribution in [2.45, 2.75) is 32.1 Å². The highest BCUT2D eigenvalue weighted by Gasteiger charge is 2.12. The molecule has 1 aromatic carbocycles. The van der Waals surface area contributed by atoms with Gasteiger partial charge in [0.2, 0.25) is 0 Å². The lowest BCUT2D eigenvalue weighted by molar-refractivity contribution is 0.373. The van der Waals surface area contributed by atoms with Crippen LogP contribution < -0.4 is 5.32 Å². The Morgan fingerprint density at radius 2 is 2.14 bits per heavy atom. The average molecular weight is 188 g/mol. The molecule has 0 unspecified atom stereocenters. The van der Waals surface area contributed by atoms with E-state index in [9.17, 15) is 0 Å². The lowest BCUT2D eigenvalue weighted by atomic mass is 9.89. The molecular formula is C13H18N. The van der Waals surface area contributed by atoms with Gasteiger partial charge < -0.3 is 5.32 Å².